The fourth-order valence-electron chi connectivity index (χ4n) is 2.76. The highest BCUT2D eigenvalue weighted by atomic mass is 16.2. The van der Waals surface area contributed by atoms with Crippen LogP contribution in [0.15, 0.2) is 18.2 Å². The van der Waals surface area contributed by atoms with Crippen molar-refractivity contribution in [3.8, 4) is 0 Å². The van der Waals surface area contributed by atoms with Crippen LogP contribution < -0.4 is 5.32 Å². The molecule has 1 saturated carbocycles. The van der Waals surface area contributed by atoms with E-state index in [-0.39, 0.29) is 5.91 Å². The first-order valence-corrected chi connectivity index (χ1v) is 7.43. The van der Waals surface area contributed by atoms with Crippen molar-refractivity contribution in [3.63, 3.8) is 0 Å². The number of amides is 1. The zero-order chi connectivity index (χ0) is 13.2. The molecule has 3 rings (SSSR count). The lowest BCUT2D eigenvalue weighted by Gasteiger charge is -2.22. The van der Waals surface area contributed by atoms with Crippen LogP contribution in [0.25, 0.3) is 0 Å². The van der Waals surface area contributed by atoms with Gasteiger partial charge >= 0.3 is 0 Å². The van der Waals surface area contributed by atoms with Crippen molar-refractivity contribution in [2.24, 2.45) is 0 Å². The number of hydrogen-bond acceptors (Lipinski definition) is 2. The minimum atomic E-state index is 0.227. The van der Waals surface area contributed by atoms with Crippen molar-refractivity contribution in [2.75, 3.05) is 6.54 Å². The monoisotopic (exact) mass is 258 g/mol. The molecule has 1 aliphatic carbocycles. The molecule has 1 aliphatic heterocycles. The van der Waals surface area contributed by atoms with E-state index >= 15 is 0 Å². The Morgan fingerprint density at radius 3 is 2.84 bits per heavy atom. The van der Waals surface area contributed by atoms with Gasteiger partial charge < -0.3 is 10.2 Å². The number of hydrogen-bond donors (Lipinski definition) is 1. The van der Waals surface area contributed by atoms with Gasteiger partial charge in [0.25, 0.3) is 5.91 Å². The Morgan fingerprint density at radius 1 is 1.32 bits per heavy atom. The van der Waals surface area contributed by atoms with Gasteiger partial charge in [-0.05, 0) is 42.5 Å². The average molecular weight is 258 g/mol. The van der Waals surface area contributed by atoms with Crippen LogP contribution in [0, 0.1) is 0 Å². The maximum atomic E-state index is 12.6. The van der Waals surface area contributed by atoms with Crippen molar-refractivity contribution in [2.45, 2.75) is 51.7 Å². The molecule has 2 aliphatic rings. The zero-order valence-corrected chi connectivity index (χ0v) is 11.6. The van der Waals surface area contributed by atoms with Crippen LogP contribution >= 0.6 is 0 Å². The summed E-state index contributed by atoms with van der Waals surface area (Å²) >= 11 is 0. The molecule has 19 heavy (non-hydrogen) atoms. The third-order valence-corrected chi connectivity index (χ3v) is 4.09. The van der Waals surface area contributed by atoms with E-state index < -0.39 is 0 Å². The van der Waals surface area contributed by atoms with E-state index in [1.165, 1.54) is 24.0 Å². The Morgan fingerprint density at radius 2 is 2.11 bits per heavy atom. The quantitative estimate of drug-likeness (QED) is 0.880. The number of carbonyl (C=O) groups is 1. The molecular weight excluding hydrogens is 236 g/mol. The molecule has 102 valence electrons. The molecule has 1 aromatic rings. The van der Waals surface area contributed by atoms with E-state index in [1.54, 1.807) is 0 Å². The van der Waals surface area contributed by atoms with Gasteiger partial charge in [0.1, 0.15) is 0 Å². The van der Waals surface area contributed by atoms with Crippen molar-refractivity contribution in [3.05, 3.63) is 34.9 Å². The Labute approximate surface area is 115 Å². The summed E-state index contributed by atoms with van der Waals surface area (Å²) in [5.41, 5.74) is 3.49. The fraction of sp³-hybridized carbons (Fsp3) is 0.562. The van der Waals surface area contributed by atoms with E-state index in [2.05, 4.69) is 29.3 Å². The van der Waals surface area contributed by atoms with Crippen molar-refractivity contribution >= 4 is 5.91 Å². The minimum absolute atomic E-state index is 0.227. The van der Waals surface area contributed by atoms with E-state index in [4.69, 9.17) is 0 Å². The van der Waals surface area contributed by atoms with Crippen molar-refractivity contribution in [1.82, 2.24) is 10.2 Å². The molecule has 0 saturated heterocycles. The van der Waals surface area contributed by atoms with Gasteiger partial charge in [0.05, 0.1) is 0 Å². The second kappa shape index (κ2) is 5.33. The number of nitrogens with one attached hydrogen (secondary N) is 1. The molecule has 3 heteroatoms. The van der Waals surface area contributed by atoms with E-state index in [1.807, 2.05) is 6.07 Å². The standard InChI is InChI=1S/C16H22N2O/c1-2-3-8-18(15-6-7-15)16(19)12-4-5-13-10-17-11-14(13)9-12/h4-5,9,15,17H,2-3,6-8,10-11H2,1H3. The summed E-state index contributed by atoms with van der Waals surface area (Å²) in [5, 5.41) is 3.33. The van der Waals surface area contributed by atoms with Gasteiger partial charge in [-0.1, -0.05) is 19.4 Å². The lowest BCUT2D eigenvalue weighted by atomic mass is 10.1. The Hall–Kier alpha value is -1.35. The van der Waals surface area contributed by atoms with Crippen LogP contribution in [0.1, 0.15) is 54.1 Å². The van der Waals surface area contributed by atoms with Gasteiger partial charge in [-0.15, -0.1) is 0 Å². The molecular formula is C16H22N2O. The predicted octanol–water partition coefficient (Wildman–Crippen LogP) is 2.69. The average Bonchev–Trinajstić information content (AvgIpc) is 3.15. The number of nitrogens with zero attached hydrogens (tertiary/aromatic N) is 1. The Balaban J connectivity index is 1.77. The van der Waals surface area contributed by atoms with E-state index in [9.17, 15) is 4.79 Å². The van der Waals surface area contributed by atoms with Gasteiger partial charge in [-0.2, -0.15) is 0 Å². The van der Waals surface area contributed by atoms with Gasteiger partial charge in [-0.3, -0.25) is 4.79 Å². The topological polar surface area (TPSA) is 32.3 Å². The van der Waals surface area contributed by atoms with E-state index in [0.717, 1.165) is 38.0 Å². The maximum Gasteiger partial charge on any atom is 0.254 e. The molecule has 1 fully saturated rings. The first-order valence-electron chi connectivity index (χ1n) is 7.43. The second-order valence-electron chi connectivity index (χ2n) is 5.67. The summed E-state index contributed by atoms with van der Waals surface area (Å²) in [6, 6.07) is 6.69. The van der Waals surface area contributed by atoms with Crippen LogP contribution in [0.2, 0.25) is 0 Å². The Kier molecular flexibility index (Phi) is 3.56. The number of carbonyl (C=O) groups excluding carboxylic acids is 1. The van der Waals surface area contributed by atoms with Crippen molar-refractivity contribution < 1.29 is 4.79 Å². The molecule has 0 spiro atoms. The second-order valence-corrected chi connectivity index (χ2v) is 5.67. The normalized spacial score (nSPS) is 17.3. The third-order valence-electron chi connectivity index (χ3n) is 4.09. The minimum Gasteiger partial charge on any atom is -0.336 e. The van der Waals surface area contributed by atoms with Crippen LogP contribution in [0.5, 0.6) is 0 Å². The maximum absolute atomic E-state index is 12.6. The van der Waals surface area contributed by atoms with Gasteiger partial charge in [0, 0.05) is 31.2 Å². The molecule has 0 radical (unpaired) electrons. The predicted molar refractivity (Wildman–Crippen MR) is 76.0 cm³/mol. The number of benzene rings is 1. The molecule has 0 atom stereocenters. The fourth-order valence-corrected chi connectivity index (χ4v) is 2.76. The van der Waals surface area contributed by atoms with Crippen molar-refractivity contribution in [1.29, 1.82) is 0 Å². The molecule has 0 aromatic heterocycles. The lowest BCUT2D eigenvalue weighted by molar-refractivity contribution is 0.0740. The smallest absolute Gasteiger partial charge is 0.254 e. The lowest BCUT2D eigenvalue weighted by Crippen LogP contribution is -2.34. The molecule has 1 heterocycles. The van der Waals surface area contributed by atoms with Gasteiger partial charge in [0.15, 0.2) is 0 Å². The molecule has 1 amide bonds. The first kappa shape index (κ1) is 12.7. The first-order chi connectivity index (χ1) is 9.29. The summed E-state index contributed by atoms with van der Waals surface area (Å²) in [5.74, 6) is 0.227. The summed E-state index contributed by atoms with van der Waals surface area (Å²) in [7, 11) is 0. The summed E-state index contributed by atoms with van der Waals surface area (Å²) < 4.78 is 0. The van der Waals surface area contributed by atoms with Crippen LogP contribution in [-0.4, -0.2) is 23.4 Å². The Bertz CT molecular complexity index is 480. The molecule has 1 aromatic carbocycles. The van der Waals surface area contributed by atoms with Crippen LogP contribution in [-0.2, 0) is 13.1 Å². The van der Waals surface area contributed by atoms with Crippen LogP contribution in [0.4, 0.5) is 0 Å². The summed E-state index contributed by atoms with van der Waals surface area (Å²) in [4.78, 5) is 14.7. The number of unbranched alkanes of at least 4 members (excludes halogenated alkanes) is 1. The van der Waals surface area contributed by atoms with E-state index in [0.29, 0.717) is 6.04 Å². The molecule has 0 bridgehead atoms. The van der Waals surface area contributed by atoms with Crippen LogP contribution in [0.3, 0.4) is 0 Å². The highest BCUT2D eigenvalue weighted by Crippen LogP contribution is 2.29. The molecule has 0 unspecified atom stereocenters. The highest BCUT2D eigenvalue weighted by Gasteiger charge is 2.32. The molecule has 3 nitrogen and oxygen atoms in total. The molecule has 1 N–H and O–H groups in total. The zero-order valence-electron chi connectivity index (χ0n) is 11.6. The largest absolute Gasteiger partial charge is 0.336 e. The highest BCUT2D eigenvalue weighted by molar-refractivity contribution is 5.95. The van der Waals surface area contributed by atoms with Gasteiger partial charge in [0.2, 0.25) is 0 Å². The third kappa shape index (κ3) is 2.66. The summed E-state index contributed by atoms with van der Waals surface area (Å²) in [6.07, 6.45) is 4.61. The van der Waals surface area contributed by atoms with Gasteiger partial charge in [-0.25, -0.2) is 0 Å². The number of fused-ring (bicyclic) bond motifs is 1. The SMILES string of the molecule is CCCCN(C(=O)c1ccc2c(c1)CNC2)C1CC1. The summed E-state index contributed by atoms with van der Waals surface area (Å²) in [6.45, 7) is 4.92. The number of rotatable bonds is 5.